The molecule has 4 aromatic rings. The highest BCUT2D eigenvalue weighted by Gasteiger charge is 2.19. The van der Waals surface area contributed by atoms with Gasteiger partial charge in [0.1, 0.15) is 11.5 Å². The number of ether oxygens (including phenoxy) is 1. The van der Waals surface area contributed by atoms with Crippen molar-refractivity contribution in [2.75, 3.05) is 19.7 Å². The zero-order valence-electron chi connectivity index (χ0n) is 18.8. The van der Waals surface area contributed by atoms with Crippen LogP contribution in [0.15, 0.2) is 71.7 Å². The standard InChI is InChI=1S/C27H27FN4O2/c28-24-13-21(22-9-12-33-17-22)5-6-23(24)27-26(20-3-1-18(14-29)2-4-20)31-15-25(32-27)34-16-19-7-10-30-11-8-19/h1-6,9,12-13,15,17,19,30H,7-8,10-11,14,16,29H2. The van der Waals surface area contributed by atoms with Crippen molar-refractivity contribution in [3.05, 3.63) is 78.6 Å². The van der Waals surface area contributed by atoms with E-state index in [1.54, 1.807) is 30.9 Å². The third-order valence-corrected chi connectivity index (χ3v) is 6.22. The summed E-state index contributed by atoms with van der Waals surface area (Å²) in [6.45, 7) is 3.02. The minimum Gasteiger partial charge on any atom is -0.476 e. The van der Waals surface area contributed by atoms with Crippen LogP contribution in [0.5, 0.6) is 5.88 Å². The molecule has 174 valence electrons. The molecule has 0 atom stereocenters. The first-order valence-electron chi connectivity index (χ1n) is 11.5. The summed E-state index contributed by atoms with van der Waals surface area (Å²) >= 11 is 0. The maximum absolute atomic E-state index is 15.4. The first-order chi connectivity index (χ1) is 16.7. The lowest BCUT2D eigenvalue weighted by molar-refractivity contribution is 0.208. The molecular weight excluding hydrogens is 431 g/mol. The zero-order chi connectivity index (χ0) is 23.3. The van der Waals surface area contributed by atoms with Crippen molar-refractivity contribution in [1.29, 1.82) is 0 Å². The molecule has 0 amide bonds. The molecule has 34 heavy (non-hydrogen) atoms. The van der Waals surface area contributed by atoms with E-state index in [2.05, 4.69) is 10.3 Å². The topological polar surface area (TPSA) is 86.2 Å². The Morgan fingerprint density at radius 2 is 1.79 bits per heavy atom. The number of hydrogen-bond donors (Lipinski definition) is 2. The SMILES string of the molecule is NCc1ccc(-c2ncc(OCC3CCNCC3)nc2-c2ccc(-c3ccoc3)cc2F)cc1. The van der Waals surface area contributed by atoms with Gasteiger partial charge in [-0.2, -0.15) is 0 Å². The van der Waals surface area contributed by atoms with Crippen molar-refractivity contribution < 1.29 is 13.5 Å². The summed E-state index contributed by atoms with van der Waals surface area (Å²) in [5, 5.41) is 3.36. The summed E-state index contributed by atoms with van der Waals surface area (Å²) in [7, 11) is 0. The highest BCUT2D eigenvalue weighted by atomic mass is 19.1. The molecule has 3 heterocycles. The third-order valence-electron chi connectivity index (χ3n) is 6.22. The minimum atomic E-state index is -0.386. The number of halogens is 1. The molecule has 6 nitrogen and oxygen atoms in total. The van der Waals surface area contributed by atoms with E-state index in [4.69, 9.17) is 19.9 Å². The van der Waals surface area contributed by atoms with Crippen molar-refractivity contribution in [1.82, 2.24) is 15.3 Å². The number of piperidine rings is 1. The Kier molecular flexibility index (Phi) is 6.65. The maximum Gasteiger partial charge on any atom is 0.232 e. The molecule has 5 rings (SSSR count). The largest absolute Gasteiger partial charge is 0.476 e. The van der Waals surface area contributed by atoms with Crippen LogP contribution in [-0.4, -0.2) is 29.7 Å². The average molecular weight is 459 g/mol. The van der Waals surface area contributed by atoms with Gasteiger partial charge in [-0.25, -0.2) is 14.4 Å². The van der Waals surface area contributed by atoms with E-state index in [-0.39, 0.29) is 5.82 Å². The van der Waals surface area contributed by atoms with Gasteiger partial charge in [-0.3, -0.25) is 0 Å². The number of nitrogens with one attached hydrogen (secondary N) is 1. The van der Waals surface area contributed by atoms with E-state index in [1.807, 2.05) is 30.3 Å². The fourth-order valence-corrected chi connectivity index (χ4v) is 4.21. The van der Waals surface area contributed by atoms with Gasteiger partial charge in [-0.05, 0) is 61.2 Å². The second kappa shape index (κ2) is 10.2. The Morgan fingerprint density at radius 1 is 1.00 bits per heavy atom. The van der Waals surface area contributed by atoms with Crippen molar-refractivity contribution in [2.45, 2.75) is 19.4 Å². The second-order valence-electron chi connectivity index (χ2n) is 8.52. The number of rotatable bonds is 7. The van der Waals surface area contributed by atoms with Gasteiger partial charge in [-0.15, -0.1) is 0 Å². The Bertz CT molecular complexity index is 1240. The van der Waals surface area contributed by atoms with E-state index in [0.717, 1.165) is 48.2 Å². The number of furan rings is 1. The lowest BCUT2D eigenvalue weighted by Gasteiger charge is -2.22. The highest BCUT2D eigenvalue weighted by Crippen LogP contribution is 2.34. The van der Waals surface area contributed by atoms with E-state index >= 15 is 4.39 Å². The van der Waals surface area contributed by atoms with E-state index < -0.39 is 0 Å². The molecule has 0 saturated carbocycles. The molecule has 1 fully saturated rings. The Hall–Kier alpha value is -3.55. The van der Waals surface area contributed by atoms with Gasteiger partial charge < -0.3 is 20.2 Å². The zero-order valence-corrected chi connectivity index (χ0v) is 18.8. The predicted molar refractivity (Wildman–Crippen MR) is 130 cm³/mol. The molecular formula is C27H27FN4O2. The van der Waals surface area contributed by atoms with Crippen molar-refractivity contribution in [2.24, 2.45) is 11.7 Å². The summed E-state index contributed by atoms with van der Waals surface area (Å²) in [6, 6.07) is 14.6. The van der Waals surface area contributed by atoms with Gasteiger partial charge >= 0.3 is 0 Å². The molecule has 1 aliphatic rings. The van der Waals surface area contributed by atoms with Gasteiger partial charge in [0.15, 0.2) is 0 Å². The van der Waals surface area contributed by atoms with Gasteiger partial charge in [0.2, 0.25) is 5.88 Å². The van der Waals surface area contributed by atoms with Crippen LogP contribution in [0.4, 0.5) is 4.39 Å². The van der Waals surface area contributed by atoms with Crippen LogP contribution >= 0.6 is 0 Å². The second-order valence-corrected chi connectivity index (χ2v) is 8.52. The molecule has 1 saturated heterocycles. The van der Waals surface area contributed by atoms with Crippen molar-refractivity contribution in [3.63, 3.8) is 0 Å². The average Bonchev–Trinajstić information content (AvgIpc) is 3.43. The lowest BCUT2D eigenvalue weighted by Crippen LogP contribution is -2.30. The summed E-state index contributed by atoms with van der Waals surface area (Å²) in [4.78, 5) is 9.36. The Morgan fingerprint density at radius 3 is 2.50 bits per heavy atom. The third kappa shape index (κ3) is 4.85. The molecule has 0 radical (unpaired) electrons. The van der Waals surface area contributed by atoms with Crippen LogP contribution in [0.1, 0.15) is 18.4 Å². The Balaban J connectivity index is 1.51. The van der Waals surface area contributed by atoms with Crippen LogP contribution in [0.2, 0.25) is 0 Å². The van der Waals surface area contributed by atoms with Gasteiger partial charge in [-0.1, -0.05) is 30.3 Å². The number of benzene rings is 2. The summed E-state index contributed by atoms with van der Waals surface area (Å²) in [5.74, 6) is 0.485. The quantitative estimate of drug-likeness (QED) is 0.403. The Labute approximate surface area is 198 Å². The van der Waals surface area contributed by atoms with Crippen LogP contribution in [0.3, 0.4) is 0 Å². The molecule has 0 aliphatic carbocycles. The minimum absolute atomic E-state index is 0.366. The number of nitrogens with two attached hydrogens (primary N) is 1. The molecule has 7 heteroatoms. The number of aromatic nitrogens is 2. The van der Waals surface area contributed by atoms with Gasteiger partial charge in [0, 0.05) is 23.2 Å². The molecule has 2 aromatic carbocycles. The first-order valence-corrected chi connectivity index (χ1v) is 11.5. The molecule has 0 bridgehead atoms. The summed E-state index contributed by atoms with van der Waals surface area (Å²) in [6.07, 6.45) is 6.91. The van der Waals surface area contributed by atoms with E-state index in [9.17, 15) is 0 Å². The number of hydrogen-bond acceptors (Lipinski definition) is 6. The summed E-state index contributed by atoms with van der Waals surface area (Å²) in [5.41, 5.74) is 10.5. The van der Waals surface area contributed by atoms with E-state index in [1.165, 1.54) is 6.07 Å². The molecule has 0 spiro atoms. The monoisotopic (exact) mass is 458 g/mol. The summed E-state index contributed by atoms with van der Waals surface area (Å²) < 4.78 is 26.5. The highest BCUT2D eigenvalue weighted by molar-refractivity contribution is 5.80. The maximum atomic E-state index is 15.4. The van der Waals surface area contributed by atoms with Crippen LogP contribution in [0, 0.1) is 11.7 Å². The molecule has 1 aliphatic heterocycles. The van der Waals surface area contributed by atoms with E-state index in [0.29, 0.717) is 41.9 Å². The molecule has 0 unspecified atom stereocenters. The number of nitrogens with zero attached hydrogens (tertiary/aromatic N) is 2. The molecule has 3 N–H and O–H groups in total. The van der Waals surface area contributed by atoms with Gasteiger partial charge in [0.05, 0.1) is 31.0 Å². The van der Waals surface area contributed by atoms with Crippen LogP contribution in [-0.2, 0) is 6.54 Å². The normalized spacial score (nSPS) is 14.3. The smallest absolute Gasteiger partial charge is 0.232 e. The van der Waals surface area contributed by atoms with Crippen molar-refractivity contribution in [3.8, 4) is 39.5 Å². The van der Waals surface area contributed by atoms with Crippen LogP contribution in [0.25, 0.3) is 33.6 Å². The van der Waals surface area contributed by atoms with Gasteiger partial charge in [0.25, 0.3) is 0 Å². The predicted octanol–water partition coefficient (Wildman–Crippen LogP) is 5.05. The van der Waals surface area contributed by atoms with Crippen molar-refractivity contribution >= 4 is 0 Å². The lowest BCUT2D eigenvalue weighted by atomic mass is 9.99. The van der Waals surface area contributed by atoms with Crippen LogP contribution < -0.4 is 15.8 Å². The molecule has 2 aromatic heterocycles. The fourth-order valence-electron chi connectivity index (χ4n) is 4.21. The fraction of sp³-hybridized carbons (Fsp3) is 0.259. The first kappa shape index (κ1) is 22.3.